The van der Waals surface area contributed by atoms with Crippen molar-refractivity contribution in [1.82, 2.24) is 0 Å². The van der Waals surface area contributed by atoms with Crippen LogP contribution in [0.25, 0.3) is 0 Å². The van der Waals surface area contributed by atoms with Gasteiger partial charge in [0.05, 0.1) is 17.7 Å². The second-order valence-electron chi connectivity index (χ2n) is 3.63. The topological polar surface area (TPSA) is 26.3 Å². The van der Waals surface area contributed by atoms with Gasteiger partial charge in [-0.2, -0.15) is 0 Å². The van der Waals surface area contributed by atoms with Crippen molar-refractivity contribution in [3.05, 3.63) is 64.4 Å². The molecule has 0 unspecified atom stereocenters. The van der Waals surface area contributed by atoms with Crippen molar-refractivity contribution in [3.8, 4) is 5.75 Å². The summed E-state index contributed by atoms with van der Waals surface area (Å²) in [7, 11) is 1.35. The summed E-state index contributed by atoms with van der Waals surface area (Å²) in [5.41, 5.74) is 0.216. The van der Waals surface area contributed by atoms with E-state index in [0.29, 0.717) is 5.02 Å². The van der Waals surface area contributed by atoms with E-state index < -0.39 is 11.6 Å². The Labute approximate surface area is 109 Å². The van der Waals surface area contributed by atoms with Gasteiger partial charge in [-0.25, -0.2) is 4.39 Å². The van der Waals surface area contributed by atoms with Gasteiger partial charge in [0.15, 0.2) is 17.3 Å². The third-order valence-electron chi connectivity index (χ3n) is 2.55. The number of carbonyl (C=O) groups excluding carboxylic acids is 1. The summed E-state index contributed by atoms with van der Waals surface area (Å²) in [5.74, 6) is -1.10. The fourth-order valence-electron chi connectivity index (χ4n) is 1.63. The SMILES string of the molecule is COc1cccc(C(=O)c2ccccc2Cl)c1F. The number of benzene rings is 2. The van der Waals surface area contributed by atoms with Crippen LogP contribution in [0, 0.1) is 5.82 Å². The number of rotatable bonds is 3. The van der Waals surface area contributed by atoms with E-state index in [1.807, 2.05) is 0 Å². The lowest BCUT2D eigenvalue weighted by molar-refractivity contribution is 0.103. The number of halogens is 2. The molecule has 4 heteroatoms. The Kier molecular flexibility index (Phi) is 3.63. The molecule has 0 aliphatic rings. The van der Waals surface area contributed by atoms with Crippen molar-refractivity contribution in [3.63, 3.8) is 0 Å². The van der Waals surface area contributed by atoms with Crippen LogP contribution in [-0.4, -0.2) is 12.9 Å². The minimum atomic E-state index is -0.676. The molecule has 0 fully saturated rings. The van der Waals surface area contributed by atoms with Crippen LogP contribution in [0.15, 0.2) is 42.5 Å². The molecule has 0 saturated heterocycles. The van der Waals surface area contributed by atoms with Crippen LogP contribution in [0.5, 0.6) is 5.75 Å². The lowest BCUT2D eigenvalue weighted by Gasteiger charge is -2.07. The van der Waals surface area contributed by atoms with E-state index in [2.05, 4.69) is 0 Å². The lowest BCUT2D eigenvalue weighted by atomic mass is 10.0. The zero-order valence-electron chi connectivity index (χ0n) is 9.61. The van der Waals surface area contributed by atoms with Gasteiger partial charge in [0.25, 0.3) is 0 Å². The number of carbonyl (C=O) groups is 1. The Morgan fingerprint density at radius 2 is 1.78 bits per heavy atom. The van der Waals surface area contributed by atoms with Crippen LogP contribution < -0.4 is 4.74 Å². The van der Waals surface area contributed by atoms with E-state index in [9.17, 15) is 9.18 Å². The predicted octanol–water partition coefficient (Wildman–Crippen LogP) is 3.72. The smallest absolute Gasteiger partial charge is 0.197 e. The molecular weight excluding hydrogens is 255 g/mol. The first-order valence-corrected chi connectivity index (χ1v) is 5.64. The van der Waals surface area contributed by atoms with E-state index in [4.69, 9.17) is 16.3 Å². The number of ketones is 1. The summed E-state index contributed by atoms with van der Waals surface area (Å²) in [6.07, 6.45) is 0. The molecule has 18 heavy (non-hydrogen) atoms. The highest BCUT2D eigenvalue weighted by Crippen LogP contribution is 2.25. The first-order valence-electron chi connectivity index (χ1n) is 5.27. The van der Waals surface area contributed by atoms with E-state index in [-0.39, 0.29) is 16.9 Å². The van der Waals surface area contributed by atoms with Crippen LogP contribution in [0.4, 0.5) is 4.39 Å². The third-order valence-corrected chi connectivity index (χ3v) is 2.88. The number of methoxy groups -OCH3 is 1. The molecule has 0 atom stereocenters. The van der Waals surface area contributed by atoms with Crippen molar-refractivity contribution in [2.75, 3.05) is 7.11 Å². The molecule has 0 N–H and O–H groups in total. The van der Waals surface area contributed by atoms with E-state index >= 15 is 0 Å². The fraction of sp³-hybridized carbons (Fsp3) is 0.0714. The van der Waals surface area contributed by atoms with E-state index in [1.54, 1.807) is 30.3 Å². The standard InChI is InChI=1S/C14H10ClFO2/c1-18-12-8-4-6-10(13(12)16)14(17)9-5-2-3-7-11(9)15/h2-8H,1H3. The maximum absolute atomic E-state index is 14.0. The van der Waals surface area contributed by atoms with E-state index in [1.165, 1.54) is 19.2 Å². The first kappa shape index (κ1) is 12.6. The molecule has 0 aliphatic heterocycles. The Balaban J connectivity index is 2.50. The quantitative estimate of drug-likeness (QED) is 0.790. The van der Waals surface area contributed by atoms with Crippen molar-refractivity contribution >= 4 is 17.4 Å². The highest BCUT2D eigenvalue weighted by atomic mass is 35.5. The average Bonchev–Trinajstić information content (AvgIpc) is 2.39. The highest BCUT2D eigenvalue weighted by Gasteiger charge is 2.18. The molecule has 0 aliphatic carbocycles. The summed E-state index contributed by atoms with van der Waals surface area (Å²) < 4.78 is 18.8. The molecular formula is C14H10ClFO2. The molecule has 0 saturated carbocycles. The maximum Gasteiger partial charge on any atom is 0.197 e. The zero-order valence-corrected chi connectivity index (χ0v) is 10.4. The second kappa shape index (κ2) is 5.19. The Morgan fingerprint density at radius 3 is 2.44 bits per heavy atom. The summed E-state index contributed by atoms with van der Waals surface area (Å²) >= 11 is 5.92. The van der Waals surface area contributed by atoms with Gasteiger partial charge in [0, 0.05) is 5.56 Å². The van der Waals surface area contributed by atoms with Crippen LogP contribution in [-0.2, 0) is 0 Å². The van der Waals surface area contributed by atoms with E-state index in [0.717, 1.165) is 0 Å². The van der Waals surface area contributed by atoms with Gasteiger partial charge in [0.1, 0.15) is 0 Å². The summed E-state index contributed by atoms with van der Waals surface area (Å²) in [5, 5.41) is 0.296. The fourth-order valence-corrected chi connectivity index (χ4v) is 1.86. The lowest BCUT2D eigenvalue weighted by Crippen LogP contribution is -2.06. The maximum atomic E-state index is 14.0. The third kappa shape index (κ3) is 2.22. The van der Waals surface area contributed by atoms with Gasteiger partial charge in [-0.3, -0.25) is 4.79 Å². The Bertz CT molecular complexity index is 596. The summed E-state index contributed by atoms with van der Waals surface area (Å²) in [4.78, 5) is 12.2. The number of hydrogen-bond acceptors (Lipinski definition) is 2. The van der Waals surface area contributed by atoms with Gasteiger partial charge < -0.3 is 4.74 Å². The minimum absolute atomic E-state index is 0.0351. The van der Waals surface area contributed by atoms with Crippen molar-refractivity contribution in [1.29, 1.82) is 0 Å². The summed E-state index contributed by atoms with van der Waals surface area (Å²) in [6.45, 7) is 0. The van der Waals surface area contributed by atoms with Crippen LogP contribution in [0.3, 0.4) is 0 Å². The molecule has 92 valence electrons. The molecule has 0 heterocycles. The van der Waals surface area contributed by atoms with Crippen LogP contribution in [0.2, 0.25) is 5.02 Å². The monoisotopic (exact) mass is 264 g/mol. The van der Waals surface area contributed by atoms with Crippen LogP contribution in [0.1, 0.15) is 15.9 Å². The molecule has 0 amide bonds. The molecule has 0 spiro atoms. The zero-order chi connectivity index (χ0) is 13.1. The van der Waals surface area contributed by atoms with Crippen LogP contribution >= 0.6 is 11.6 Å². The molecule has 2 aromatic carbocycles. The van der Waals surface area contributed by atoms with Gasteiger partial charge in [0.2, 0.25) is 0 Å². The molecule has 2 nitrogen and oxygen atoms in total. The largest absolute Gasteiger partial charge is 0.494 e. The highest BCUT2D eigenvalue weighted by molar-refractivity contribution is 6.35. The Hall–Kier alpha value is -1.87. The van der Waals surface area contributed by atoms with Gasteiger partial charge in [-0.1, -0.05) is 29.8 Å². The molecule has 2 aromatic rings. The normalized spacial score (nSPS) is 10.2. The molecule has 0 aromatic heterocycles. The number of hydrogen-bond donors (Lipinski definition) is 0. The van der Waals surface area contributed by atoms with Crippen molar-refractivity contribution in [2.45, 2.75) is 0 Å². The average molecular weight is 265 g/mol. The number of ether oxygens (including phenoxy) is 1. The summed E-state index contributed by atoms with van der Waals surface area (Å²) in [6, 6.07) is 11.0. The van der Waals surface area contributed by atoms with Gasteiger partial charge >= 0.3 is 0 Å². The minimum Gasteiger partial charge on any atom is -0.494 e. The second-order valence-corrected chi connectivity index (χ2v) is 4.04. The molecule has 0 radical (unpaired) electrons. The van der Waals surface area contributed by atoms with Gasteiger partial charge in [-0.05, 0) is 24.3 Å². The predicted molar refractivity (Wildman–Crippen MR) is 67.8 cm³/mol. The first-order chi connectivity index (χ1) is 8.65. The van der Waals surface area contributed by atoms with Gasteiger partial charge in [-0.15, -0.1) is 0 Å². The van der Waals surface area contributed by atoms with Crippen molar-refractivity contribution < 1.29 is 13.9 Å². The van der Waals surface area contributed by atoms with Crippen molar-refractivity contribution in [2.24, 2.45) is 0 Å². The molecule has 2 rings (SSSR count). The Morgan fingerprint density at radius 1 is 1.11 bits per heavy atom. The molecule has 0 bridgehead atoms.